The molecule has 2 saturated heterocycles. The Morgan fingerprint density at radius 2 is 1.91 bits per heavy atom. The molecule has 3 aromatic rings. The van der Waals surface area contributed by atoms with Crippen LogP contribution in [0.1, 0.15) is 37.5 Å². The number of fused-ring (bicyclic) bond motifs is 3. The van der Waals surface area contributed by atoms with Crippen LogP contribution in [0.25, 0.3) is 15.9 Å². The van der Waals surface area contributed by atoms with Crippen molar-refractivity contribution in [2.45, 2.75) is 57.3 Å². The lowest BCUT2D eigenvalue weighted by Gasteiger charge is -2.36. The average molecular weight is 453 g/mol. The molecular formula is C24H28N4O3S. The van der Waals surface area contributed by atoms with Crippen LogP contribution >= 0.6 is 11.3 Å². The van der Waals surface area contributed by atoms with Gasteiger partial charge in [-0.05, 0) is 63.1 Å². The number of carbonyl (C=O) groups excluding carboxylic acids is 1. The van der Waals surface area contributed by atoms with Crippen molar-refractivity contribution in [2.75, 3.05) is 14.1 Å². The number of ether oxygens (including phenoxy) is 1. The Balaban J connectivity index is 1.33. The van der Waals surface area contributed by atoms with Crippen LogP contribution in [0.2, 0.25) is 0 Å². The van der Waals surface area contributed by atoms with Gasteiger partial charge in [0.2, 0.25) is 5.91 Å². The zero-order chi connectivity index (χ0) is 22.4. The number of piperidine rings is 1. The Morgan fingerprint density at radius 3 is 2.56 bits per heavy atom. The van der Waals surface area contributed by atoms with Crippen molar-refractivity contribution in [3.05, 3.63) is 51.9 Å². The summed E-state index contributed by atoms with van der Waals surface area (Å²) < 4.78 is 8.44. The van der Waals surface area contributed by atoms with E-state index in [1.54, 1.807) is 22.8 Å². The number of rotatable bonds is 5. The van der Waals surface area contributed by atoms with E-state index in [9.17, 15) is 9.59 Å². The maximum Gasteiger partial charge on any atom is 0.275 e. The van der Waals surface area contributed by atoms with Crippen molar-refractivity contribution < 1.29 is 9.53 Å². The summed E-state index contributed by atoms with van der Waals surface area (Å²) in [5, 5.41) is 0. The van der Waals surface area contributed by atoms with Crippen LogP contribution in [-0.2, 0) is 11.3 Å². The van der Waals surface area contributed by atoms with Gasteiger partial charge < -0.3 is 14.5 Å². The fourth-order valence-corrected chi connectivity index (χ4v) is 6.00. The molecule has 8 heteroatoms. The summed E-state index contributed by atoms with van der Waals surface area (Å²) in [6.07, 6.45) is 6.53. The van der Waals surface area contributed by atoms with Gasteiger partial charge in [0.25, 0.3) is 5.56 Å². The van der Waals surface area contributed by atoms with Gasteiger partial charge in [-0.1, -0.05) is 0 Å². The molecule has 2 aromatic heterocycles. The van der Waals surface area contributed by atoms with Crippen molar-refractivity contribution in [3.63, 3.8) is 0 Å². The summed E-state index contributed by atoms with van der Waals surface area (Å²) in [5.74, 6) is 0.832. The number of thiophene rings is 1. The summed E-state index contributed by atoms with van der Waals surface area (Å²) in [7, 11) is 3.98. The highest BCUT2D eigenvalue weighted by Gasteiger charge is 2.39. The van der Waals surface area contributed by atoms with Crippen LogP contribution in [0.5, 0.6) is 5.75 Å². The SMILES string of the molecule is CC(=O)N(C)Cc1cc2ncn(-c3ccc(OC4C[C@H]5CC[C@@H](C4)N5C)cc3)c(=O)c2s1. The molecule has 4 heterocycles. The highest BCUT2D eigenvalue weighted by atomic mass is 32.1. The molecule has 0 aliphatic carbocycles. The Morgan fingerprint density at radius 1 is 1.22 bits per heavy atom. The van der Waals surface area contributed by atoms with Crippen molar-refractivity contribution in [2.24, 2.45) is 0 Å². The summed E-state index contributed by atoms with van der Waals surface area (Å²) in [6.45, 7) is 2.00. The molecule has 0 spiro atoms. The van der Waals surface area contributed by atoms with E-state index in [0.29, 0.717) is 28.8 Å². The second kappa shape index (κ2) is 8.33. The number of amides is 1. The van der Waals surface area contributed by atoms with E-state index in [0.717, 1.165) is 29.2 Å². The lowest BCUT2D eigenvalue weighted by atomic mass is 10.0. The van der Waals surface area contributed by atoms with Gasteiger partial charge in [-0.3, -0.25) is 14.2 Å². The van der Waals surface area contributed by atoms with Crippen molar-refractivity contribution >= 4 is 27.5 Å². The Bertz CT molecular complexity index is 1190. The minimum absolute atomic E-state index is 0.0111. The lowest BCUT2D eigenvalue weighted by molar-refractivity contribution is -0.128. The molecule has 0 N–H and O–H groups in total. The molecule has 3 atom stereocenters. The average Bonchev–Trinajstić information content (AvgIpc) is 3.25. The van der Waals surface area contributed by atoms with Crippen LogP contribution in [0.3, 0.4) is 0 Å². The molecule has 2 bridgehead atoms. The Kier molecular flexibility index (Phi) is 5.51. The molecule has 1 unspecified atom stereocenters. The van der Waals surface area contributed by atoms with Gasteiger partial charge in [-0.2, -0.15) is 0 Å². The first-order valence-corrected chi connectivity index (χ1v) is 11.9. The first-order valence-electron chi connectivity index (χ1n) is 11.1. The third kappa shape index (κ3) is 3.93. The first-order chi connectivity index (χ1) is 15.4. The molecule has 0 saturated carbocycles. The quantitative estimate of drug-likeness (QED) is 0.593. The van der Waals surface area contributed by atoms with Crippen LogP contribution in [0, 0.1) is 0 Å². The number of hydrogen-bond donors (Lipinski definition) is 0. The summed E-state index contributed by atoms with van der Waals surface area (Å²) in [5.41, 5.74) is 1.33. The standard InChI is InChI=1S/C24H28N4O3S/c1-15(29)26(2)13-21-12-22-23(32-21)24(30)28(14-25-22)16-6-8-19(9-7-16)31-20-10-17-4-5-18(11-20)27(17)3/h6-9,12,14,17-18,20H,4-5,10-11,13H2,1-3H3/t17-,18+,20?. The predicted molar refractivity (Wildman–Crippen MR) is 126 cm³/mol. The van der Waals surface area contributed by atoms with Crippen molar-refractivity contribution in [1.82, 2.24) is 19.4 Å². The molecular weight excluding hydrogens is 424 g/mol. The zero-order valence-electron chi connectivity index (χ0n) is 18.7. The van der Waals surface area contributed by atoms with Crippen molar-refractivity contribution in [3.8, 4) is 11.4 Å². The van der Waals surface area contributed by atoms with Gasteiger partial charge in [0.05, 0.1) is 17.7 Å². The normalized spacial score (nSPS) is 22.9. The minimum Gasteiger partial charge on any atom is -0.490 e. The second-order valence-electron chi connectivity index (χ2n) is 8.98. The van der Waals surface area contributed by atoms with E-state index in [2.05, 4.69) is 16.9 Å². The van der Waals surface area contributed by atoms with E-state index >= 15 is 0 Å². The molecule has 5 rings (SSSR count). The third-order valence-electron chi connectivity index (χ3n) is 6.89. The van der Waals surface area contributed by atoms with E-state index < -0.39 is 0 Å². The monoisotopic (exact) mass is 452 g/mol. The maximum absolute atomic E-state index is 13.1. The van der Waals surface area contributed by atoms with Gasteiger partial charge in [0.15, 0.2) is 0 Å². The highest BCUT2D eigenvalue weighted by molar-refractivity contribution is 7.18. The van der Waals surface area contributed by atoms with Gasteiger partial charge in [-0.15, -0.1) is 11.3 Å². The van der Waals surface area contributed by atoms with Crippen LogP contribution in [-0.4, -0.2) is 57.5 Å². The topological polar surface area (TPSA) is 67.7 Å². The predicted octanol–water partition coefficient (Wildman–Crippen LogP) is 3.43. The van der Waals surface area contributed by atoms with Gasteiger partial charge in [0, 0.05) is 30.9 Å². The van der Waals surface area contributed by atoms with E-state index in [-0.39, 0.29) is 17.6 Å². The van der Waals surface area contributed by atoms with E-state index in [1.807, 2.05) is 30.3 Å². The Labute approximate surface area is 191 Å². The fraction of sp³-hybridized carbons (Fsp3) is 0.458. The number of benzene rings is 1. The summed E-state index contributed by atoms with van der Waals surface area (Å²) >= 11 is 1.39. The lowest BCUT2D eigenvalue weighted by Crippen LogP contribution is -2.43. The maximum atomic E-state index is 13.1. The second-order valence-corrected chi connectivity index (χ2v) is 10.1. The molecule has 2 fully saturated rings. The van der Waals surface area contributed by atoms with Gasteiger partial charge in [0.1, 0.15) is 22.9 Å². The molecule has 1 amide bonds. The van der Waals surface area contributed by atoms with Gasteiger partial charge in [-0.25, -0.2) is 4.98 Å². The molecule has 168 valence electrons. The summed E-state index contributed by atoms with van der Waals surface area (Å²) in [4.78, 5) is 34.1. The number of carbonyl (C=O) groups is 1. The fourth-order valence-electron chi connectivity index (χ4n) is 4.90. The zero-order valence-corrected chi connectivity index (χ0v) is 19.5. The summed E-state index contributed by atoms with van der Waals surface area (Å²) in [6, 6.07) is 10.9. The van der Waals surface area contributed by atoms with E-state index in [4.69, 9.17) is 4.74 Å². The molecule has 7 nitrogen and oxygen atoms in total. The first kappa shape index (κ1) is 21.2. The number of hydrogen-bond acceptors (Lipinski definition) is 6. The largest absolute Gasteiger partial charge is 0.490 e. The Hall–Kier alpha value is -2.71. The molecule has 2 aliphatic rings. The molecule has 1 aromatic carbocycles. The minimum atomic E-state index is -0.0997. The van der Waals surface area contributed by atoms with Crippen LogP contribution < -0.4 is 10.3 Å². The molecule has 32 heavy (non-hydrogen) atoms. The highest BCUT2D eigenvalue weighted by Crippen LogP contribution is 2.36. The smallest absolute Gasteiger partial charge is 0.275 e. The molecule has 0 radical (unpaired) electrons. The van der Waals surface area contributed by atoms with E-state index in [1.165, 1.54) is 31.1 Å². The third-order valence-corrected chi connectivity index (χ3v) is 7.99. The van der Waals surface area contributed by atoms with Crippen LogP contribution in [0.15, 0.2) is 41.5 Å². The number of nitrogens with zero attached hydrogens (tertiary/aromatic N) is 4. The van der Waals surface area contributed by atoms with Crippen LogP contribution in [0.4, 0.5) is 0 Å². The van der Waals surface area contributed by atoms with Gasteiger partial charge >= 0.3 is 0 Å². The number of aromatic nitrogens is 2. The van der Waals surface area contributed by atoms with Crippen molar-refractivity contribution in [1.29, 1.82) is 0 Å². The molecule has 2 aliphatic heterocycles.